The van der Waals surface area contributed by atoms with Crippen molar-refractivity contribution in [3.8, 4) is 12.1 Å². The van der Waals surface area contributed by atoms with Crippen molar-refractivity contribution in [1.29, 1.82) is 10.5 Å². The Balaban J connectivity index is 2.03. The Morgan fingerprint density at radius 1 is 0.773 bits per heavy atom. The van der Waals surface area contributed by atoms with E-state index in [4.69, 9.17) is 10.5 Å². The number of hydrogen-bond donors (Lipinski definition) is 0. The van der Waals surface area contributed by atoms with Crippen molar-refractivity contribution in [2.75, 3.05) is 0 Å². The fourth-order valence-corrected chi connectivity index (χ4v) is 2.04. The minimum Gasteiger partial charge on any atom is -0.294 e. The van der Waals surface area contributed by atoms with E-state index in [1.807, 2.05) is 12.1 Å². The van der Waals surface area contributed by atoms with Crippen LogP contribution in [0.5, 0.6) is 0 Å². The van der Waals surface area contributed by atoms with Crippen molar-refractivity contribution in [1.82, 2.24) is 0 Å². The minimum absolute atomic E-state index is 0.0739. The van der Waals surface area contributed by atoms with Gasteiger partial charge in [-0.2, -0.15) is 10.5 Å². The molecule has 22 heavy (non-hydrogen) atoms. The van der Waals surface area contributed by atoms with Crippen molar-refractivity contribution in [2.24, 2.45) is 0 Å². The summed E-state index contributed by atoms with van der Waals surface area (Å²) in [7, 11) is 0. The van der Waals surface area contributed by atoms with Gasteiger partial charge in [0, 0.05) is 24.0 Å². The smallest absolute Gasteiger partial charge is 0.163 e. The molecule has 2 aromatic carbocycles. The molecular weight excluding hydrogens is 276 g/mol. The van der Waals surface area contributed by atoms with Gasteiger partial charge in [-0.1, -0.05) is 24.3 Å². The Kier molecular flexibility index (Phi) is 4.80. The highest BCUT2D eigenvalue weighted by molar-refractivity contribution is 6.02. The molecule has 0 unspecified atom stereocenters. The van der Waals surface area contributed by atoms with E-state index in [1.165, 1.54) is 12.1 Å². The van der Waals surface area contributed by atoms with E-state index in [-0.39, 0.29) is 24.4 Å². The lowest BCUT2D eigenvalue weighted by atomic mass is 10.00. The van der Waals surface area contributed by atoms with Crippen LogP contribution in [0.3, 0.4) is 0 Å². The Morgan fingerprint density at radius 3 is 1.55 bits per heavy atom. The maximum atomic E-state index is 12.1. The third kappa shape index (κ3) is 3.65. The highest BCUT2D eigenvalue weighted by Crippen LogP contribution is 2.12. The average molecular weight is 288 g/mol. The van der Waals surface area contributed by atoms with E-state index in [9.17, 15) is 9.59 Å². The van der Waals surface area contributed by atoms with Crippen LogP contribution in [0.2, 0.25) is 0 Å². The number of ketones is 2. The maximum absolute atomic E-state index is 12.1. The van der Waals surface area contributed by atoms with E-state index in [0.717, 1.165) is 0 Å². The van der Waals surface area contributed by atoms with Gasteiger partial charge in [-0.25, -0.2) is 0 Å². The number of benzene rings is 2. The summed E-state index contributed by atoms with van der Waals surface area (Å²) in [5, 5.41) is 17.6. The Bertz CT molecular complexity index is 741. The van der Waals surface area contributed by atoms with E-state index < -0.39 is 0 Å². The van der Waals surface area contributed by atoms with E-state index in [2.05, 4.69) is 0 Å². The summed E-state index contributed by atoms with van der Waals surface area (Å²) in [6.07, 6.45) is 0.148. The molecule has 0 heterocycles. The first-order valence-electron chi connectivity index (χ1n) is 6.71. The zero-order chi connectivity index (χ0) is 15.9. The van der Waals surface area contributed by atoms with Crippen molar-refractivity contribution in [3.63, 3.8) is 0 Å². The second kappa shape index (κ2) is 6.97. The van der Waals surface area contributed by atoms with Crippen LogP contribution in [-0.4, -0.2) is 11.6 Å². The number of rotatable bonds is 5. The van der Waals surface area contributed by atoms with Gasteiger partial charge in [0.1, 0.15) is 0 Å². The van der Waals surface area contributed by atoms with Crippen LogP contribution < -0.4 is 0 Å². The molecule has 0 aromatic heterocycles. The summed E-state index contributed by atoms with van der Waals surface area (Å²) < 4.78 is 0. The van der Waals surface area contributed by atoms with Crippen LogP contribution in [0.15, 0.2) is 48.5 Å². The molecule has 0 spiro atoms. The molecule has 0 aliphatic carbocycles. The zero-order valence-electron chi connectivity index (χ0n) is 11.7. The van der Waals surface area contributed by atoms with Crippen molar-refractivity contribution in [3.05, 3.63) is 70.8 Å². The molecule has 0 N–H and O–H groups in total. The van der Waals surface area contributed by atoms with Gasteiger partial charge in [-0.3, -0.25) is 9.59 Å². The topological polar surface area (TPSA) is 81.7 Å². The number of nitriles is 2. The summed E-state index contributed by atoms with van der Waals surface area (Å²) in [5.74, 6) is -0.358. The number of carbonyl (C=O) groups excluding carboxylic acids is 2. The summed E-state index contributed by atoms with van der Waals surface area (Å²) in [4.78, 5) is 24.1. The van der Waals surface area contributed by atoms with Gasteiger partial charge in [0.25, 0.3) is 0 Å². The molecule has 0 fully saturated rings. The highest BCUT2D eigenvalue weighted by Gasteiger charge is 2.12. The van der Waals surface area contributed by atoms with Gasteiger partial charge in [-0.05, 0) is 24.3 Å². The molecule has 0 bridgehead atoms. The third-order valence-corrected chi connectivity index (χ3v) is 3.21. The first kappa shape index (κ1) is 15.2. The maximum Gasteiger partial charge on any atom is 0.163 e. The summed E-state index contributed by atoms with van der Waals surface area (Å²) in [5.41, 5.74) is 1.69. The first-order valence-corrected chi connectivity index (χ1v) is 6.71. The fraction of sp³-hybridized carbons (Fsp3) is 0.111. The molecule has 4 nitrogen and oxygen atoms in total. The van der Waals surface area contributed by atoms with Crippen molar-refractivity contribution in [2.45, 2.75) is 12.8 Å². The normalized spacial score (nSPS) is 9.55. The van der Waals surface area contributed by atoms with Gasteiger partial charge in [0.05, 0.1) is 23.3 Å². The number of carbonyl (C=O) groups is 2. The van der Waals surface area contributed by atoms with Crippen LogP contribution in [0.25, 0.3) is 0 Å². The van der Waals surface area contributed by atoms with Crippen molar-refractivity contribution < 1.29 is 9.59 Å². The molecule has 0 saturated carbocycles. The van der Waals surface area contributed by atoms with Crippen LogP contribution in [-0.2, 0) is 0 Å². The minimum atomic E-state index is -0.179. The Hall–Kier alpha value is -3.24. The predicted octanol–water partition coefficient (Wildman–Crippen LogP) is 3.28. The molecule has 0 amide bonds. The monoisotopic (exact) mass is 288 g/mol. The number of Topliss-reactive ketones (excluding diaryl/α,β-unsaturated/α-hetero) is 2. The van der Waals surface area contributed by atoms with Crippen LogP contribution in [0, 0.1) is 22.7 Å². The Labute approximate surface area is 128 Å². The largest absolute Gasteiger partial charge is 0.294 e. The zero-order valence-corrected chi connectivity index (χ0v) is 11.7. The van der Waals surface area contributed by atoms with Crippen LogP contribution >= 0.6 is 0 Å². The van der Waals surface area contributed by atoms with E-state index >= 15 is 0 Å². The lowest BCUT2D eigenvalue weighted by molar-refractivity contribution is 0.0917. The predicted molar refractivity (Wildman–Crippen MR) is 80.2 cm³/mol. The Morgan fingerprint density at radius 2 is 1.18 bits per heavy atom. The van der Waals surface area contributed by atoms with Gasteiger partial charge >= 0.3 is 0 Å². The molecule has 4 heteroatoms. The van der Waals surface area contributed by atoms with E-state index in [0.29, 0.717) is 22.3 Å². The molecule has 2 rings (SSSR count). The van der Waals surface area contributed by atoms with Gasteiger partial charge in [-0.15, -0.1) is 0 Å². The molecule has 0 aliphatic rings. The summed E-state index contributed by atoms with van der Waals surface area (Å²) in [6.45, 7) is 0. The molecule has 106 valence electrons. The molecule has 0 aliphatic heterocycles. The van der Waals surface area contributed by atoms with Gasteiger partial charge in [0.15, 0.2) is 11.6 Å². The quantitative estimate of drug-likeness (QED) is 0.790. The highest BCUT2D eigenvalue weighted by atomic mass is 16.1. The lowest BCUT2D eigenvalue weighted by Gasteiger charge is -2.02. The molecule has 0 radical (unpaired) electrons. The van der Waals surface area contributed by atoms with Gasteiger partial charge in [0.2, 0.25) is 0 Å². The molecular formula is C18H12N2O2. The number of hydrogen-bond acceptors (Lipinski definition) is 4. The molecule has 0 atom stereocenters. The first-order chi connectivity index (χ1) is 10.6. The molecule has 0 saturated heterocycles. The molecule has 2 aromatic rings. The second-order valence-electron chi connectivity index (χ2n) is 4.73. The van der Waals surface area contributed by atoms with Crippen molar-refractivity contribution >= 4 is 11.6 Å². The van der Waals surface area contributed by atoms with Crippen LogP contribution in [0.4, 0.5) is 0 Å². The standard InChI is InChI=1S/C18H12N2O2/c19-11-13-3-1-5-15(9-13)17(21)7-8-18(22)16-6-2-4-14(10-16)12-20/h1-6,9-10H,7-8H2. The van der Waals surface area contributed by atoms with Crippen LogP contribution in [0.1, 0.15) is 44.7 Å². The third-order valence-electron chi connectivity index (χ3n) is 3.21. The lowest BCUT2D eigenvalue weighted by Crippen LogP contribution is -2.05. The summed E-state index contributed by atoms with van der Waals surface area (Å²) >= 11 is 0. The van der Waals surface area contributed by atoms with E-state index in [1.54, 1.807) is 36.4 Å². The number of nitrogens with zero attached hydrogens (tertiary/aromatic N) is 2. The summed E-state index contributed by atoms with van der Waals surface area (Å²) in [6, 6.07) is 16.8. The average Bonchev–Trinajstić information content (AvgIpc) is 2.59. The SMILES string of the molecule is N#Cc1cccc(C(=O)CCC(=O)c2cccc(C#N)c2)c1. The van der Waals surface area contributed by atoms with Gasteiger partial charge < -0.3 is 0 Å². The second-order valence-corrected chi connectivity index (χ2v) is 4.73. The fourth-order valence-electron chi connectivity index (χ4n) is 2.04.